The molecule has 27 heavy (non-hydrogen) atoms. The van der Waals surface area contributed by atoms with Gasteiger partial charge in [0, 0.05) is 18.7 Å². The van der Waals surface area contributed by atoms with Gasteiger partial charge in [-0.15, -0.1) is 0 Å². The summed E-state index contributed by atoms with van der Waals surface area (Å²) in [6.45, 7) is 0.139. The fraction of sp³-hybridized carbons (Fsp3) is 0.100. The van der Waals surface area contributed by atoms with Crippen molar-refractivity contribution in [1.82, 2.24) is 10.6 Å². The minimum absolute atomic E-state index is 0.0279. The molecular formula is C20H16F2N2O3. The first kappa shape index (κ1) is 18.3. The number of rotatable bonds is 5. The highest BCUT2D eigenvalue weighted by Gasteiger charge is 2.18. The first-order valence-electron chi connectivity index (χ1n) is 8.19. The normalized spacial score (nSPS) is 10.6. The van der Waals surface area contributed by atoms with Crippen molar-refractivity contribution in [1.29, 1.82) is 0 Å². The van der Waals surface area contributed by atoms with E-state index < -0.39 is 28.9 Å². The predicted octanol–water partition coefficient (Wildman–Crippen LogP) is 2.98. The summed E-state index contributed by atoms with van der Waals surface area (Å²) in [6.07, 6.45) is 0. The maximum atomic E-state index is 13.6. The Kier molecular flexibility index (Phi) is 5.30. The fourth-order valence-corrected chi connectivity index (χ4v) is 2.59. The molecule has 0 radical (unpaired) electrons. The second kappa shape index (κ2) is 7.82. The minimum Gasteiger partial charge on any atom is -0.505 e. The number of benzene rings is 3. The Bertz CT molecular complexity index is 1020. The zero-order valence-electron chi connectivity index (χ0n) is 14.1. The summed E-state index contributed by atoms with van der Waals surface area (Å²) in [5, 5.41) is 16.0. The molecule has 3 aromatic carbocycles. The van der Waals surface area contributed by atoms with Gasteiger partial charge in [-0.3, -0.25) is 9.59 Å². The van der Waals surface area contributed by atoms with Gasteiger partial charge in [0.2, 0.25) is 5.82 Å². The van der Waals surface area contributed by atoms with E-state index >= 15 is 0 Å². The zero-order valence-corrected chi connectivity index (χ0v) is 14.1. The Labute approximate surface area is 153 Å². The lowest BCUT2D eigenvalue weighted by molar-refractivity contribution is 0.0925. The third kappa shape index (κ3) is 4.03. The highest BCUT2D eigenvalue weighted by molar-refractivity contribution is 5.98. The van der Waals surface area contributed by atoms with Crippen molar-refractivity contribution in [3.8, 4) is 5.75 Å². The zero-order chi connectivity index (χ0) is 19.4. The molecule has 0 fully saturated rings. The van der Waals surface area contributed by atoms with Crippen LogP contribution in [-0.4, -0.2) is 30.0 Å². The monoisotopic (exact) mass is 370 g/mol. The molecule has 0 aliphatic rings. The van der Waals surface area contributed by atoms with Gasteiger partial charge in [-0.25, -0.2) is 4.39 Å². The first-order valence-corrected chi connectivity index (χ1v) is 8.19. The van der Waals surface area contributed by atoms with E-state index in [1.165, 1.54) is 0 Å². The Morgan fingerprint density at radius 1 is 0.815 bits per heavy atom. The van der Waals surface area contributed by atoms with E-state index in [1.807, 2.05) is 30.3 Å². The molecule has 0 saturated heterocycles. The van der Waals surface area contributed by atoms with E-state index in [4.69, 9.17) is 5.11 Å². The van der Waals surface area contributed by atoms with E-state index in [0.717, 1.165) is 22.9 Å². The van der Waals surface area contributed by atoms with E-state index in [-0.39, 0.29) is 19.0 Å². The van der Waals surface area contributed by atoms with Crippen molar-refractivity contribution < 1.29 is 23.5 Å². The summed E-state index contributed by atoms with van der Waals surface area (Å²) in [7, 11) is 0. The minimum atomic E-state index is -1.48. The summed E-state index contributed by atoms with van der Waals surface area (Å²) in [6, 6.07) is 14.8. The Balaban J connectivity index is 1.54. The van der Waals surface area contributed by atoms with Crippen LogP contribution in [0.2, 0.25) is 0 Å². The van der Waals surface area contributed by atoms with Crippen LogP contribution < -0.4 is 10.6 Å². The quantitative estimate of drug-likeness (QED) is 0.604. The van der Waals surface area contributed by atoms with Gasteiger partial charge in [0.15, 0.2) is 11.6 Å². The molecule has 5 nitrogen and oxygen atoms in total. The lowest BCUT2D eigenvalue weighted by atomic mass is 10.1. The molecule has 0 heterocycles. The Hall–Kier alpha value is -3.48. The lowest BCUT2D eigenvalue weighted by Crippen LogP contribution is -2.35. The summed E-state index contributed by atoms with van der Waals surface area (Å²) >= 11 is 0. The van der Waals surface area contributed by atoms with Crippen LogP contribution in [-0.2, 0) is 0 Å². The van der Waals surface area contributed by atoms with Crippen molar-refractivity contribution in [3.05, 3.63) is 77.4 Å². The van der Waals surface area contributed by atoms with Gasteiger partial charge < -0.3 is 15.7 Å². The summed E-state index contributed by atoms with van der Waals surface area (Å²) in [5.74, 6) is -4.92. The van der Waals surface area contributed by atoms with Crippen LogP contribution >= 0.6 is 0 Å². The largest absolute Gasteiger partial charge is 0.505 e. The van der Waals surface area contributed by atoms with Crippen LogP contribution in [0.1, 0.15) is 20.7 Å². The third-order valence-electron chi connectivity index (χ3n) is 4.01. The molecule has 0 saturated carbocycles. The average Bonchev–Trinajstić information content (AvgIpc) is 2.68. The van der Waals surface area contributed by atoms with Gasteiger partial charge in [-0.2, -0.15) is 4.39 Å². The number of amides is 2. The molecule has 0 unspecified atom stereocenters. The van der Waals surface area contributed by atoms with Crippen LogP contribution in [0.3, 0.4) is 0 Å². The summed E-state index contributed by atoms with van der Waals surface area (Å²) in [5.41, 5.74) is -0.0437. The molecule has 3 N–H and O–H groups in total. The maximum absolute atomic E-state index is 13.6. The number of carbonyl (C=O) groups is 2. The second-order valence-electron chi connectivity index (χ2n) is 5.83. The molecule has 0 atom stereocenters. The van der Waals surface area contributed by atoms with Gasteiger partial charge >= 0.3 is 0 Å². The van der Waals surface area contributed by atoms with Crippen LogP contribution in [0.15, 0.2) is 54.6 Å². The number of carbonyl (C=O) groups excluding carboxylic acids is 2. The number of hydrogen-bond donors (Lipinski definition) is 3. The highest BCUT2D eigenvalue weighted by atomic mass is 19.2. The first-order chi connectivity index (χ1) is 13.0. The Morgan fingerprint density at radius 2 is 1.48 bits per heavy atom. The molecule has 0 aliphatic heterocycles. The topological polar surface area (TPSA) is 78.4 Å². The SMILES string of the molecule is O=C(NCCNC(=O)c1ccc(O)c(F)c1F)c1ccc2ccccc2c1. The number of hydrogen-bond acceptors (Lipinski definition) is 3. The number of nitrogens with one attached hydrogen (secondary N) is 2. The molecule has 3 rings (SSSR count). The van der Waals surface area contributed by atoms with E-state index in [9.17, 15) is 18.4 Å². The molecule has 0 aromatic heterocycles. The van der Waals surface area contributed by atoms with E-state index in [0.29, 0.717) is 5.56 Å². The lowest BCUT2D eigenvalue weighted by Gasteiger charge is -2.09. The molecule has 0 aliphatic carbocycles. The maximum Gasteiger partial charge on any atom is 0.254 e. The molecule has 3 aromatic rings. The van der Waals surface area contributed by atoms with Crippen molar-refractivity contribution >= 4 is 22.6 Å². The van der Waals surface area contributed by atoms with Crippen LogP contribution in [0, 0.1) is 11.6 Å². The van der Waals surface area contributed by atoms with Gasteiger partial charge in [0.1, 0.15) is 0 Å². The van der Waals surface area contributed by atoms with Crippen molar-refractivity contribution in [2.75, 3.05) is 13.1 Å². The Morgan fingerprint density at radius 3 is 2.22 bits per heavy atom. The molecular weight excluding hydrogens is 354 g/mol. The van der Waals surface area contributed by atoms with E-state index in [1.54, 1.807) is 12.1 Å². The van der Waals surface area contributed by atoms with Crippen LogP contribution in [0.4, 0.5) is 8.78 Å². The summed E-state index contributed by atoms with van der Waals surface area (Å²) < 4.78 is 26.9. The van der Waals surface area contributed by atoms with Gasteiger partial charge in [0.25, 0.3) is 11.8 Å². The van der Waals surface area contributed by atoms with Gasteiger partial charge in [-0.05, 0) is 35.0 Å². The van der Waals surface area contributed by atoms with Crippen molar-refractivity contribution in [2.24, 2.45) is 0 Å². The average molecular weight is 370 g/mol. The molecule has 2 amide bonds. The number of phenolic OH excluding ortho intramolecular Hbond substituents is 1. The number of fused-ring (bicyclic) bond motifs is 1. The fourth-order valence-electron chi connectivity index (χ4n) is 2.59. The van der Waals surface area contributed by atoms with Crippen molar-refractivity contribution in [2.45, 2.75) is 0 Å². The van der Waals surface area contributed by atoms with Crippen molar-refractivity contribution in [3.63, 3.8) is 0 Å². The smallest absolute Gasteiger partial charge is 0.254 e. The highest BCUT2D eigenvalue weighted by Crippen LogP contribution is 2.21. The summed E-state index contributed by atoms with van der Waals surface area (Å²) in [4.78, 5) is 24.1. The van der Waals surface area contributed by atoms with Gasteiger partial charge in [-0.1, -0.05) is 30.3 Å². The van der Waals surface area contributed by atoms with E-state index in [2.05, 4.69) is 10.6 Å². The third-order valence-corrected chi connectivity index (χ3v) is 4.01. The molecule has 0 bridgehead atoms. The standard InChI is InChI=1S/C20H16F2N2O3/c21-17-15(7-8-16(25)18(17)22)20(27)24-10-9-23-19(26)14-6-5-12-3-1-2-4-13(12)11-14/h1-8,11,25H,9-10H2,(H,23,26)(H,24,27). The predicted molar refractivity (Wildman–Crippen MR) is 96.6 cm³/mol. The van der Waals surface area contributed by atoms with Crippen LogP contribution in [0.25, 0.3) is 10.8 Å². The number of phenols is 1. The van der Waals surface area contributed by atoms with Gasteiger partial charge in [0.05, 0.1) is 5.56 Å². The molecule has 7 heteroatoms. The van der Waals surface area contributed by atoms with Crippen LogP contribution in [0.5, 0.6) is 5.75 Å². The number of halogens is 2. The second-order valence-corrected chi connectivity index (χ2v) is 5.83. The number of aromatic hydroxyl groups is 1. The molecule has 0 spiro atoms. The molecule has 138 valence electrons.